The number of nitrogens with one attached hydrogen (secondary N) is 1. The van der Waals surface area contributed by atoms with Crippen molar-refractivity contribution in [2.75, 3.05) is 31.1 Å². The second kappa shape index (κ2) is 8.47. The van der Waals surface area contributed by atoms with Crippen molar-refractivity contribution in [1.82, 2.24) is 15.2 Å². The number of aryl methyl sites for hydroxylation is 1. The van der Waals surface area contributed by atoms with Gasteiger partial charge >= 0.3 is 0 Å². The van der Waals surface area contributed by atoms with Gasteiger partial charge in [0.15, 0.2) is 0 Å². The number of pyridine rings is 1. The van der Waals surface area contributed by atoms with E-state index in [2.05, 4.69) is 46.4 Å². The van der Waals surface area contributed by atoms with Gasteiger partial charge in [-0.1, -0.05) is 18.2 Å². The number of aromatic nitrogens is 1. The van der Waals surface area contributed by atoms with Crippen LogP contribution in [0.4, 0.5) is 5.69 Å². The van der Waals surface area contributed by atoms with Crippen LogP contribution in [0, 0.1) is 6.92 Å². The first-order valence-electron chi connectivity index (χ1n) is 8.87. The first kappa shape index (κ1) is 17.9. The maximum absolute atomic E-state index is 12.4. The third-order valence-electron chi connectivity index (χ3n) is 4.52. The average Bonchev–Trinajstić information content (AvgIpc) is 2.67. The summed E-state index contributed by atoms with van der Waals surface area (Å²) in [5.74, 6) is -0.363. The first-order valence-corrected chi connectivity index (χ1v) is 8.87. The second-order valence-electron chi connectivity index (χ2n) is 6.52. The molecule has 1 aromatic carbocycles. The molecule has 2 aromatic rings. The number of hydrogen-bond donors (Lipinski definition) is 1. The summed E-state index contributed by atoms with van der Waals surface area (Å²) in [6.45, 7) is 5.32. The zero-order valence-corrected chi connectivity index (χ0v) is 15.0. The normalized spacial score (nSPS) is 14.2. The van der Waals surface area contributed by atoms with Crippen molar-refractivity contribution in [1.29, 1.82) is 0 Å². The van der Waals surface area contributed by atoms with Crippen molar-refractivity contribution in [2.24, 2.45) is 0 Å². The van der Waals surface area contributed by atoms with Gasteiger partial charge < -0.3 is 15.1 Å². The van der Waals surface area contributed by atoms with Crippen molar-refractivity contribution >= 4 is 17.5 Å². The highest BCUT2D eigenvalue weighted by Gasteiger charge is 2.22. The summed E-state index contributed by atoms with van der Waals surface area (Å²) < 4.78 is 0. The highest BCUT2D eigenvalue weighted by atomic mass is 16.2. The molecule has 0 atom stereocenters. The van der Waals surface area contributed by atoms with E-state index in [1.807, 2.05) is 12.1 Å². The lowest BCUT2D eigenvalue weighted by Crippen LogP contribution is -2.49. The number of amides is 2. The van der Waals surface area contributed by atoms with Crippen LogP contribution in [0.2, 0.25) is 0 Å². The quantitative estimate of drug-likeness (QED) is 0.833. The summed E-state index contributed by atoms with van der Waals surface area (Å²) in [6.07, 6.45) is 3.28. The minimum Gasteiger partial charge on any atom is -0.368 e. The molecule has 1 aliphatic heterocycles. The van der Waals surface area contributed by atoms with Crippen LogP contribution in [-0.4, -0.2) is 47.9 Å². The number of hydrogen-bond acceptors (Lipinski definition) is 4. The van der Waals surface area contributed by atoms with Crippen LogP contribution < -0.4 is 10.2 Å². The highest BCUT2D eigenvalue weighted by Crippen LogP contribution is 2.18. The van der Waals surface area contributed by atoms with Crippen LogP contribution in [0.15, 0.2) is 48.8 Å². The number of carbonyl (C=O) groups is 2. The molecule has 1 N–H and O–H groups in total. The fourth-order valence-corrected chi connectivity index (χ4v) is 3.05. The minimum absolute atomic E-state index is 0.106. The van der Waals surface area contributed by atoms with Crippen molar-refractivity contribution in [2.45, 2.75) is 19.9 Å². The van der Waals surface area contributed by atoms with Crippen molar-refractivity contribution in [3.05, 3.63) is 59.9 Å². The molecule has 2 heterocycles. The fourth-order valence-electron chi connectivity index (χ4n) is 3.05. The number of nitrogens with zero attached hydrogens (tertiary/aromatic N) is 3. The van der Waals surface area contributed by atoms with E-state index in [0.717, 1.165) is 18.7 Å². The van der Waals surface area contributed by atoms with Gasteiger partial charge in [0.05, 0.1) is 0 Å². The zero-order chi connectivity index (χ0) is 18.4. The lowest BCUT2D eigenvalue weighted by molar-refractivity contribution is -0.136. The molecule has 1 fully saturated rings. The Balaban J connectivity index is 1.44. The molecule has 0 saturated carbocycles. The summed E-state index contributed by atoms with van der Waals surface area (Å²) >= 11 is 0. The zero-order valence-electron chi connectivity index (χ0n) is 15.0. The summed E-state index contributed by atoms with van der Waals surface area (Å²) in [7, 11) is 0. The molecule has 3 rings (SSSR count). The van der Waals surface area contributed by atoms with Gasteiger partial charge in [0.1, 0.15) is 6.42 Å². The Morgan fingerprint density at radius 1 is 1.12 bits per heavy atom. The molecule has 1 saturated heterocycles. The summed E-state index contributed by atoms with van der Waals surface area (Å²) in [5, 5.41) is 2.77. The maximum Gasteiger partial charge on any atom is 0.232 e. The van der Waals surface area contributed by atoms with Crippen LogP contribution in [-0.2, 0) is 16.1 Å². The molecule has 2 amide bonds. The first-order chi connectivity index (χ1) is 12.6. The average molecular weight is 352 g/mol. The smallest absolute Gasteiger partial charge is 0.232 e. The van der Waals surface area contributed by atoms with Crippen LogP contribution in [0.3, 0.4) is 0 Å². The Bertz CT molecular complexity index is 755. The number of carbonyl (C=O) groups excluding carboxylic acids is 2. The molecule has 0 unspecified atom stereocenters. The Kier molecular flexibility index (Phi) is 5.84. The maximum atomic E-state index is 12.4. The van der Waals surface area contributed by atoms with Crippen molar-refractivity contribution in [3.8, 4) is 0 Å². The predicted molar refractivity (Wildman–Crippen MR) is 101 cm³/mol. The molecule has 6 nitrogen and oxygen atoms in total. The highest BCUT2D eigenvalue weighted by molar-refractivity contribution is 5.96. The summed E-state index contributed by atoms with van der Waals surface area (Å²) in [4.78, 5) is 32.4. The third-order valence-corrected chi connectivity index (χ3v) is 4.52. The summed E-state index contributed by atoms with van der Waals surface area (Å²) in [6, 6.07) is 12.1. The number of piperazine rings is 1. The lowest BCUT2D eigenvalue weighted by atomic mass is 10.2. The Hall–Kier alpha value is -2.89. The van der Waals surface area contributed by atoms with Crippen LogP contribution >= 0.6 is 0 Å². The molecular weight excluding hydrogens is 328 g/mol. The van der Waals surface area contributed by atoms with E-state index in [-0.39, 0.29) is 18.2 Å². The molecule has 136 valence electrons. The van der Waals surface area contributed by atoms with E-state index in [1.165, 1.54) is 11.3 Å². The van der Waals surface area contributed by atoms with E-state index in [1.54, 1.807) is 17.3 Å². The van der Waals surface area contributed by atoms with E-state index >= 15 is 0 Å². The van der Waals surface area contributed by atoms with E-state index in [4.69, 9.17) is 0 Å². The van der Waals surface area contributed by atoms with Crippen molar-refractivity contribution in [3.63, 3.8) is 0 Å². The Morgan fingerprint density at radius 3 is 2.62 bits per heavy atom. The van der Waals surface area contributed by atoms with Gasteiger partial charge in [0.25, 0.3) is 0 Å². The van der Waals surface area contributed by atoms with Crippen LogP contribution in [0.5, 0.6) is 0 Å². The second-order valence-corrected chi connectivity index (χ2v) is 6.52. The lowest BCUT2D eigenvalue weighted by Gasteiger charge is -2.36. The van der Waals surface area contributed by atoms with Gasteiger partial charge in [-0.25, -0.2) is 0 Å². The largest absolute Gasteiger partial charge is 0.368 e. The molecule has 6 heteroatoms. The number of benzene rings is 1. The summed E-state index contributed by atoms with van der Waals surface area (Å²) in [5.41, 5.74) is 3.33. The topological polar surface area (TPSA) is 65.5 Å². The predicted octanol–water partition coefficient (Wildman–Crippen LogP) is 1.75. The monoisotopic (exact) mass is 352 g/mol. The van der Waals surface area contributed by atoms with Gasteiger partial charge in [-0.2, -0.15) is 0 Å². The molecule has 1 aliphatic rings. The minimum atomic E-state index is -0.250. The SMILES string of the molecule is Cc1cccc(N2CCN(C(=O)CC(=O)NCc3cccnc3)CC2)c1. The van der Waals surface area contributed by atoms with Gasteiger partial charge in [-0.3, -0.25) is 14.6 Å². The Morgan fingerprint density at radius 2 is 1.92 bits per heavy atom. The fraction of sp³-hybridized carbons (Fsp3) is 0.350. The van der Waals surface area contributed by atoms with Gasteiger partial charge in [-0.05, 0) is 36.2 Å². The van der Waals surface area contributed by atoms with Gasteiger partial charge in [-0.15, -0.1) is 0 Å². The van der Waals surface area contributed by atoms with E-state index in [0.29, 0.717) is 19.6 Å². The molecule has 0 bridgehead atoms. The Labute approximate surface area is 153 Å². The molecule has 0 aliphatic carbocycles. The van der Waals surface area contributed by atoms with E-state index < -0.39 is 0 Å². The standard InChI is InChI=1S/C20H24N4O2/c1-16-4-2-6-18(12-16)23-8-10-24(11-9-23)20(26)13-19(25)22-15-17-5-3-7-21-14-17/h2-7,12,14H,8-11,13,15H2,1H3,(H,22,25). The van der Waals surface area contributed by atoms with E-state index in [9.17, 15) is 9.59 Å². The van der Waals surface area contributed by atoms with Gasteiger partial charge in [0.2, 0.25) is 11.8 Å². The number of rotatable bonds is 5. The third kappa shape index (κ3) is 4.81. The molecular formula is C20H24N4O2. The van der Waals surface area contributed by atoms with Gasteiger partial charge in [0, 0.05) is 50.8 Å². The molecule has 26 heavy (non-hydrogen) atoms. The molecule has 1 aromatic heterocycles. The molecule has 0 spiro atoms. The van der Waals surface area contributed by atoms with Crippen LogP contribution in [0.1, 0.15) is 17.5 Å². The van der Waals surface area contributed by atoms with Crippen LogP contribution in [0.25, 0.3) is 0 Å². The molecule has 0 radical (unpaired) electrons. The number of anilines is 1. The van der Waals surface area contributed by atoms with Crippen molar-refractivity contribution < 1.29 is 9.59 Å².